The quantitative estimate of drug-likeness (QED) is 0.788. The second kappa shape index (κ2) is 6.00. The Morgan fingerprint density at radius 3 is 2.08 bits per heavy atom. The largest absolute Gasteiger partial charge is 0.497 e. The van der Waals surface area contributed by atoms with Crippen molar-refractivity contribution in [2.24, 2.45) is 0 Å². The predicted molar refractivity (Wildman–Crippen MR) is 98.0 cm³/mol. The number of hydrogen-bond donors (Lipinski definition) is 1. The summed E-state index contributed by atoms with van der Waals surface area (Å²) in [7, 11) is 3.16. The van der Waals surface area contributed by atoms with Crippen LogP contribution in [0.3, 0.4) is 0 Å². The fourth-order valence-corrected chi connectivity index (χ4v) is 3.58. The second-order valence-corrected chi connectivity index (χ2v) is 6.23. The highest BCUT2D eigenvalue weighted by atomic mass is 16.5. The second-order valence-electron chi connectivity index (χ2n) is 6.23. The van der Waals surface area contributed by atoms with Gasteiger partial charge in [0.25, 0.3) is 0 Å². The molecule has 130 valence electrons. The van der Waals surface area contributed by atoms with Crippen LogP contribution in [0.2, 0.25) is 0 Å². The lowest BCUT2D eigenvalue weighted by Crippen LogP contribution is -2.36. The maximum atomic E-state index is 13.0. The summed E-state index contributed by atoms with van der Waals surface area (Å²) in [5, 5.41) is 11.9. The molecule has 1 atom stereocenters. The fraction of sp³-hybridized carbons (Fsp3) is 0.136. The lowest BCUT2D eigenvalue weighted by atomic mass is 9.71. The van der Waals surface area contributed by atoms with Crippen LogP contribution in [0.1, 0.15) is 32.6 Å². The van der Waals surface area contributed by atoms with Crippen LogP contribution >= 0.6 is 0 Å². The lowest BCUT2D eigenvalue weighted by molar-refractivity contribution is 0.0948. The average molecular weight is 346 g/mol. The minimum Gasteiger partial charge on any atom is -0.497 e. The van der Waals surface area contributed by atoms with E-state index in [2.05, 4.69) is 0 Å². The highest BCUT2D eigenvalue weighted by Crippen LogP contribution is 2.45. The number of hydrogen-bond acceptors (Lipinski definition) is 4. The van der Waals surface area contributed by atoms with Crippen molar-refractivity contribution in [2.45, 2.75) is 5.60 Å². The van der Waals surface area contributed by atoms with Gasteiger partial charge < -0.3 is 14.6 Å². The van der Waals surface area contributed by atoms with E-state index in [9.17, 15) is 9.90 Å². The summed E-state index contributed by atoms with van der Waals surface area (Å²) in [6.07, 6.45) is 0. The Bertz CT molecular complexity index is 991. The summed E-state index contributed by atoms with van der Waals surface area (Å²) in [4.78, 5) is 13.0. The van der Waals surface area contributed by atoms with E-state index in [0.29, 0.717) is 39.3 Å². The Hall–Kier alpha value is -3.11. The van der Waals surface area contributed by atoms with Crippen molar-refractivity contribution in [2.75, 3.05) is 14.2 Å². The van der Waals surface area contributed by atoms with E-state index in [1.54, 1.807) is 62.8 Å². The fourth-order valence-electron chi connectivity index (χ4n) is 3.58. The number of ether oxygens (including phenoxy) is 2. The van der Waals surface area contributed by atoms with E-state index in [1.165, 1.54) is 0 Å². The molecular formula is C22H18O4. The Kier molecular flexibility index (Phi) is 3.78. The van der Waals surface area contributed by atoms with Crippen molar-refractivity contribution >= 4 is 5.78 Å². The van der Waals surface area contributed by atoms with E-state index in [-0.39, 0.29) is 5.78 Å². The van der Waals surface area contributed by atoms with Crippen LogP contribution in [-0.2, 0) is 5.60 Å². The molecule has 4 heteroatoms. The Balaban J connectivity index is 2.04. The molecule has 0 radical (unpaired) electrons. The first-order chi connectivity index (χ1) is 12.6. The third-order valence-electron chi connectivity index (χ3n) is 4.93. The smallest absolute Gasteiger partial charge is 0.193 e. The Morgan fingerprint density at radius 1 is 0.769 bits per heavy atom. The van der Waals surface area contributed by atoms with Gasteiger partial charge in [0.2, 0.25) is 0 Å². The third kappa shape index (κ3) is 2.23. The first-order valence-electron chi connectivity index (χ1n) is 8.29. The molecule has 0 saturated carbocycles. The zero-order valence-electron chi connectivity index (χ0n) is 14.5. The standard InChI is InChI=1S/C22H18O4/c1-25-15-9-7-14(8-10-15)22(24)19-6-4-3-5-17(19)21(23)18-12-11-16(26-2)13-20(18)22/h3-13,24H,1-2H3/t22-/m0/s1. The van der Waals surface area contributed by atoms with Crippen molar-refractivity contribution in [3.8, 4) is 11.5 Å². The molecule has 0 aliphatic heterocycles. The molecule has 4 nitrogen and oxygen atoms in total. The van der Waals surface area contributed by atoms with Gasteiger partial charge in [-0.3, -0.25) is 4.79 Å². The predicted octanol–water partition coefficient (Wildman–Crippen LogP) is 3.53. The molecule has 3 aromatic carbocycles. The number of fused-ring (bicyclic) bond motifs is 2. The molecule has 3 aromatic rings. The van der Waals surface area contributed by atoms with Crippen LogP contribution in [0.5, 0.6) is 11.5 Å². The zero-order valence-corrected chi connectivity index (χ0v) is 14.5. The summed E-state index contributed by atoms with van der Waals surface area (Å²) < 4.78 is 10.6. The Morgan fingerprint density at radius 2 is 1.38 bits per heavy atom. The van der Waals surface area contributed by atoms with Crippen molar-refractivity contribution in [3.05, 3.63) is 94.5 Å². The molecule has 0 saturated heterocycles. The molecule has 0 aromatic heterocycles. The van der Waals surface area contributed by atoms with Gasteiger partial charge in [0.05, 0.1) is 14.2 Å². The van der Waals surface area contributed by atoms with Crippen LogP contribution in [-0.4, -0.2) is 25.1 Å². The molecule has 26 heavy (non-hydrogen) atoms. The maximum Gasteiger partial charge on any atom is 0.193 e. The average Bonchev–Trinajstić information content (AvgIpc) is 2.71. The highest BCUT2D eigenvalue weighted by molar-refractivity contribution is 6.13. The Labute approximate surface area is 151 Å². The van der Waals surface area contributed by atoms with Crippen molar-refractivity contribution < 1.29 is 19.4 Å². The highest BCUT2D eigenvalue weighted by Gasteiger charge is 2.43. The number of carbonyl (C=O) groups excluding carboxylic acids is 1. The number of aliphatic hydroxyl groups is 1. The number of rotatable bonds is 3. The van der Waals surface area contributed by atoms with Crippen LogP contribution in [0, 0.1) is 0 Å². The molecule has 1 aliphatic rings. The minimum absolute atomic E-state index is 0.101. The first kappa shape index (κ1) is 16.4. The van der Waals surface area contributed by atoms with Gasteiger partial charge in [-0.05, 0) is 35.9 Å². The van der Waals surface area contributed by atoms with Crippen LogP contribution in [0.4, 0.5) is 0 Å². The molecule has 1 aliphatic carbocycles. The number of carbonyl (C=O) groups is 1. The van der Waals surface area contributed by atoms with E-state index >= 15 is 0 Å². The SMILES string of the molecule is COc1ccc([C@]2(O)c3ccccc3C(=O)c3ccc(OC)cc32)cc1. The maximum absolute atomic E-state index is 13.0. The molecular weight excluding hydrogens is 328 g/mol. The van der Waals surface area contributed by atoms with Gasteiger partial charge in [-0.1, -0.05) is 36.4 Å². The third-order valence-corrected chi connectivity index (χ3v) is 4.93. The van der Waals surface area contributed by atoms with Gasteiger partial charge >= 0.3 is 0 Å². The van der Waals surface area contributed by atoms with E-state index in [4.69, 9.17) is 9.47 Å². The molecule has 1 N–H and O–H groups in total. The summed E-state index contributed by atoms with van der Waals surface area (Å²) in [6, 6.07) is 19.6. The molecule has 0 amide bonds. The summed E-state index contributed by atoms with van der Waals surface area (Å²) in [5.74, 6) is 1.18. The molecule has 0 unspecified atom stereocenters. The summed E-state index contributed by atoms with van der Waals surface area (Å²) >= 11 is 0. The summed E-state index contributed by atoms with van der Waals surface area (Å²) in [6.45, 7) is 0. The lowest BCUT2D eigenvalue weighted by Gasteiger charge is -2.36. The number of methoxy groups -OCH3 is 2. The van der Waals surface area contributed by atoms with Gasteiger partial charge in [0, 0.05) is 22.3 Å². The van der Waals surface area contributed by atoms with Crippen LogP contribution < -0.4 is 9.47 Å². The van der Waals surface area contributed by atoms with E-state index in [1.807, 2.05) is 18.2 Å². The number of benzene rings is 3. The van der Waals surface area contributed by atoms with Gasteiger partial charge in [0.1, 0.15) is 17.1 Å². The topological polar surface area (TPSA) is 55.8 Å². The normalized spacial score (nSPS) is 18.0. The van der Waals surface area contributed by atoms with Crippen molar-refractivity contribution in [1.82, 2.24) is 0 Å². The zero-order chi connectivity index (χ0) is 18.3. The van der Waals surface area contributed by atoms with Crippen molar-refractivity contribution in [1.29, 1.82) is 0 Å². The monoisotopic (exact) mass is 346 g/mol. The van der Waals surface area contributed by atoms with Crippen molar-refractivity contribution in [3.63, 3.8) is 0 Å². The van der Waals surface area contributed by atoms with Crippen LogP contribution in [0.25, 0.3) is 0 Å². The van der Waals surface area contributed by atoms with E-state index in [0.717, 1.165) is 0 Å². The van der Waals surface area contributed by atoms with Gasteiger partial charge in [-0.15, -0.1) is 0 Å². The summed E-state index contributed by atoms with van der Waals surface area (Å²) in [5.41, 5.74) is 1.27. The van der Waals surface area contributed by atoms with Gasteiger partial charge in [-0.25, -0.2) is 0 Å². The molecule has 0 bridgehead atoms. The number of ketones is 1. The minimum atomic E-state index is -1.46. The van der Waals surface area contributed by atoms with Gasteiger partial charge in [0.15, 0.2) is 5.78 Å². The molecule has 0 spiro atoms. The van der Waals surface area contributed by atoms with E-state index < -0.39 is 5.60 Å². The van der Waals surface area contributed by atoms with Gasteiger partial charge in [-0.2, -0.15) is 0 Å². The van der Waals surface area contributed by atoms with Crippen LogP contribution in [0.15, 0.2) is 66.7 Å². The molecule has 0 fully saturated rings. The first-order valence-corrected chi connectivity index (χ1v) is 8.29. The molecule has 0 heterocycles. The molecule has 4 rings (SSSR count).